The van der Waals surface area contributed by atoms with Gasteiger partial charge in [-0.1, -0.05) is 55.7 Å². The molecule has 5 fully saturated rings. The molecule has 0 spiro atoms. The molecular weight excluding hydrogens is 906 g/mol. The molecule has 4 aromatic rings. The Kier molecular flexibility index (Phi) is 14.4. The van der Waals surface area contributed by atoms with Crippen molar-refractivity contribution in [1.82, 2.24) is 46.2 Å². The van der Waals surface area contributed by atoms with Crippen LogP contribution in [0.5, 0.6) is 0 Å². The normalized spacial score (nSPS) is 20.6. The van der Waals surface area contributed by atoms with Crippen molar-refractivity contribution in [2.24, 2.45) is 5.92 Å². The van der Waals surface area contributed by atoms with Gasteiger partial charge in [0, 0.05) is 93.7 Å². The van der Waals surface area contributed by atoms with Crippen molar-refractivity contribution in [3.63, 3.8) is 0 Å². The van der Waals surface area contributed by atoms with Crippen LogP contribution in [0.25, 0.3) is 10.8 Å². The van der Waals surface area contributed by atoms with Gasteiger partial charge in [-0.15, -0.1) is 0 Å². The third-order valence-corrected chi connectivity index (χ3v) is 15.5. The number of nitrogens with zero attached hydrogens (tertiary/aromatic N) is 4. The molecule has 17 heteroatoms. The molecule has 16 nitrogen and oxygen atoms in total. The molecule has 5 heterocycles. The number of aromatic nitrogens is 2. The molecule has 0 radical (unpaired) electrons. The van der Waals surface area contributed by atoms with Crippen LogP contribution in [0.4, 0.5) is 4.39 Å². The SMILES string of the molecule is O=C(N[C@@H](C(=O)NC1=C2CC(CNCC(=O)N3CCN(C(=O)c4cc(Cc5n[nH]c(=O)c6ccccc56)ccc4F)CC3)(C2)OC1)C1CCCCC1)c1cccc([C@@H]2CCCN(C(=O)CNC3CC3)C2)c1. The monoisotopic (exact) mass is 969 g/mol. The van der Waals surface area contributed by atoms with E-state index in [1.807, 2.05) is 35.2 Å². The van der Waals surface area contributed by atoms with Crippen LogP contribution in [-0.4, -0.2) is 138 Å². The first-order valence-corrected chi connectivity index (χ1v) is 25.6. The molecule has 0 unspecified atom stereocenters. The second-order valence-corrected chi connectivity index (χ2v) is 20.5. The van der Waals surface area contributed by atoms with Crippen LogP contribution < -0.4 is 26.8 Å². The summed E-state index contributed by atoms with van der Waals surface area (Å²) in [5.41, 5.74) is 3.84. The molecule has 2 atom stereocenters. The largest absolute Gasteiger partial charge is 0.367 e. The van der Waals surface area contributed by atoms with E-state index in [1.54, 1.807) is 34.1 Å². The maximum atomic E-state index is 15.1. The zero-order chi connectivity index (χ0) is 49.1. The summed E-state index contributed by atoms with van der Waals surface area (Å²) in [6.45, 7) is 3.66. The van der Waals surface area contributed by atoms with E-state index in [0.29, 0.717) is 85.6 Å². The van der Waals surface area contributed by atoms with Gasteiger partial charge in [-0.25, -0.2) is 9.49 Å². The highest BCUT2D eigenvalue weighted by molar-refractivity contribution is 5.98. The number of rotatable bonds is 16. The molecule has 7 aliphatic rings. The molecule has 11 rings (SSSR count). The lowest BCUT2D eigenvalue weighted by atomic mass is 9.72. The van der Waals surface area contributed by atoms with Gasteiger partial charge in [0.2, 0.25) is 17.7 Å². The first kappa shape index (κ1) is 48.3. The predicted molar refractivity (Wildman–Crippen MR) is 264 cm³/mol. The highest BCUT2D eigenvalue weighted by Gasteiger charge is 2.47. The molecule has 71 heavy (non-hydrogen) atoms. The Morgan fingerprint density at radius 3 is 2.32 bits per heavy atom. The van der Waals surface area contributed by atoms with Crippen LogP contribution in [-0.2, 0) is 25.5 Å². The second-order valence-electron chi connectivity index (χ2n) is 20.5. The van der Waals surface area contributed by atoms with Gasteiger partial charge in [-0.3, -0.25) is 28.8 Å². The number of benzene rings is 3. The van der Waals surface area contributed by atoms with Gasteiger partial charge in [0.25, 0.3) is 17.4 Å². The highest BCUT2D eigenvalue weighted by Crippen LogP contribution is 2.45. The first-order valence-electron chi connectivity index (χ1n) is 25.6. The van der Waals surface area contributed by atoms with Gasteiger partial charge in [0.05, 0.1) is 41.9 Å². The number of fused-ring (bicyclic) bond motifs is 3. The van der Waals surface area contributed by atoms with Gasteiger partial charge in [0.1, 0.15) is 11.9 Å². The average Bonchev–Trinajstić information content (AvgIpc) is 4.24. The lowest BCUT2D eigenvalue weighted by Crippen LogP contribution is -2.58. The summed E-state index contributed by atoms with van der Waals surface area (Å²) in [5.74, 6) is -1.42. The molecule has 2 saturated heterocycles. The van der Waals surface area contributed by atoms with Crippen LogP contribution in [0, 0.1) is 11.7 Å². The van der Waals surface area contributed by atoms with Gasteiger partial charge < -0.3 is 40.7 Å². The van der Waals surface area contributed by atoms with E-state index in [1.165, 1.54) is 12.1 Å². The Morgan fingerprint density at radius 2 is 1.56 bits per heavy atom. The zero-order valence-corrected chi connectivity index (χ0v) is 40.2. The summed E-state index contributed by atoms with van der Waals surface area (Å²) < 4.78 is 21.5. The van der Waals surface area contributed by atoms with E-state index >= 15 is 4.39 Å². The molecule has 5 amide bonds. The molecule has 3 aliphatic carbocycles. The number of halogens is 1. The van der Waals surface area contributed by atoms with Gasteiger partial charge in [0.15, 0.2) is 0 Å². The number of ether oxygens (including phenoxy) is 1. The summed E-state index contributed by atoms with van der Waals surface area (Å²) in [4.78, 5) is 85.4. The number of amides is 5. The number of piperidine rings is 1. The summed E-state index contributed by atoms with van der Waals surface area (Å²) in [6.07, 6.45) is 10.5. The van der Waals surface area contributed by atoms with Crippen molar-refractivity contribution in [2.75, 3.05) is 65.5 Å². The van der Waals surface area contributed by atoms with Crippen molar-refractivity contribution < 1.29 is 33.1 Å². The minimum absolute atomic E-state index is 0.0132. The molecule has 374 valence electrons. The fourth-order valence-electron chi connectivity index (χ4n) is 11.2. The minimum atomic E-state index is -0.702. The summed E-state index contributed by atoms with van der Waals surface area (Å²) in [7, 11) is 0. The topological polar surface area (TPSA) is 198 Å². The van der Waals surface area contributed by atoms with Gasteiger partial charge in [-0.05, 0) is 91.5 Å². The lowest BCUT2D eigenvalue weighted by Gasteiger charge is -2.49. The fourth-order valence-corrected chi connectivity index (χ4v) is 11.2. The molecule has 3 aromatic carbocycles. The van der Waals surface area contributed by atoms with E-state index in [4.69, 9.17) is 4.74 Å². The number of piperazine rings is 1. The van der Waals surface area contributed by atoms with E-state index in [-0.39, 0.29) is 72.8 Å². The number of aromatic amines is 1. The lowest BCUT2D eigenvalue weighted by molar-refractivity contribution is -0.133. The van der Waals surface area contributed by atoms with Crippen molar-refractivity contribution >= 4 is 40.3 Å². The smallest absolute Gasteiger partial charge is 0.272 e. The Labute approximate surface area is 412 Å². The van der Waals surface area contributed by atoms with E-state index in [2.05, 4.69) is 31.5 Å². The Morgan fingerprint density at radius 1 is 0.803 bits per heavy atom. The van der Waals surface area contributed by atoms with Crippen molar-refractivity contribution in [2.45, 2.75) is 101 Å². The van der Waals surface area contributed by atoms with Crippen molar-refractivity contribution in [3.05, 3.63) is 122 Å². The standard InChI is InChI=1S/C54H64FN9O7/c55-44-18-15-34(25-45-41-13-4-5-14-42(41)51(68)61-60-45)24-43(44)53(70)63-22-20-62(21-23-63)47(65)29-56-33-54-27-39(28-54)46(32-71-54)58-52(69)49(35-8-2-1-3-9-35)59-50(67)37-11-6-10-36(26-37)38-12-7-19-64(31-38)48(66)30-57-40-16-17-40/h4-6,10-11,13-15,18,24,26,35,38,40,49,56-57H,1-3,7-9,12,16-17,19-23,25,27-33H2,(H,58,69)(H,59,67)(H,61,68)/t38-,49-/m1/s1. The van der Waals surface area contributed by atoms with Crippen LogP contribution in [0.15, 0.2) is 82.8 Å². The number of likely N-dealkylation sites (tertiary alicyclic amines) is 1. The molecule has 4 aliphatic heterocycles. The first-order chi connectivity index (χ1) is 34.5. The van der Waals surface area contributed by atoms with E-state index in [9.17, 15) is 28.8 Å². The van der Waals surface area contributed by atoms with Crippen LogP contribution in [0.1, 0.15) is 114 Å². The minimum Gasteiger partial charge on any atom is -0.367 e. The van der Waals surface area contributed by atoms with E-state index in [0.717, 1.165) is 81.2 Å². The Hall–Kier alpha value is -6.30. The number of H-pyrrole nitrogens is 1. The van der Waals surface area contributed by atoms with Crippen LogP contribution in [0.3, 0.4) is 0 Å². The number of nitrogens with one attached hydrogen (secondary N) is 5. The molecular formula is C54H64FN9O7. The molecule has 5 N–H and O–H groups in total. The highest BCUT2D eigenvalue weighted by atomic mass is 19.1. The number of carbonyl (C=O) groups excluding carboxylic acids is 5. The summed E-state index contributed by atoms with van der Waals surface area (Å²) in [6, 6.07) is 19.0. The summed E-state index contributed by atoms with van der Waals surface area (Å²) in [5, 5.41) is 20.9. The quantitative estimate of drug-likeness (QED) is 0.108. The van der Waals surface area contributed by atoms with Crippen molar-refractivity contribution in [1.29, 1.82) is 0 Å². The number of hydrogen-bond donors (Lipinski definition) is 5. The maximum absolute atomic E-state index is 15.1. The zero-order valence-electron chi connectivity index (χ0n) is 40.2. The average molecular weight is 970 g/mol. The molecule has 2 bridgehead atoms. The van der Waals surface area contributed by atoms with Gasteiger partial charge in [-0.2, -0.15) is 5.10 Å². The molecule has 3 saturated carbocycles. The number of hydrogen-bond acceptors (Lipinski definition) is 10. The maximum Gasteiger partial charge on any atom is 0.272 e. The van der Waals surface area contributed by atoms with Crippen molar-refractivity contribution in [3.8, 4) is 0 Å². The summed E-state index contributed by atoms with van der Waals surface area (Å²) >= 11 is 0. The van der Waals surface area contributed by atoms with Crippen LogP contribution in [0.2, 0.25) is 0 Å². The predicted octanol–water partition coefficient (Wildman–Crippen LogP) is 4.30. The van der Waals surface area contributed by atoms with Crippen LogP contribution >= 0.6 is 0 Å². The Bertz CT molecular complexity index is 2770. The number of carbonyl (C=O) groups is 5. The third-order valence-electron chi connectivity index (χ3n) is 15.5. The third kappa shape index (κ3) is 11.1. The second kappa shape index (κ2) is 21.2. The van der Waals surface area contributed by atoms with E-state index < -0.39 is 23.4 Å². The Balaban J connectivity index is 0.686. The fraction of sp³-hybridized carbons (Fsp3) is 0.500. The molecule has 1 aromatic heterocycles. The van der Waals surface area contributed by atoms with Gasteiger partial charge >= 0.3 is 0 Å².